The summed E-state index contributed by atoms with van der Waals surface area (Å²) in [5.41, 5.74) is -0.417. The van der Waals surface area contributed by atoms with Crippen LogP contribution >= 0.6 is 0 Å². The standard InChI is InChI=1S/C12H14F4N2O4S/c1-7(22-6-12(14,15)16)11(19)17-8-3-4-9(13)10(5-8)18-23(2,20)21/h3-5,7,18H,6H2,1-2H3,(H,17,19). The van der Waals surface area contributed by atoms with Crippen molar-refractivity contribution in [2.24, 2.45) is 0 Å². The first kappa shape index (κ1) is 19.2. The number of hydrogen-bond donors (Lipinski definition) is 2. The number of halogens is 4. The molecule has 1 amide bonds. The van der Waals surface area contributed by atoms with Crippen LogP contribution in [0.1, 0.15) is 6.92 Å². The van der Waals surface area contributed by atoms with Crippen molar-refractivity contribution >= 4 is 27.3 Å². The molecular weight excluding hydrogens is 344 g/mol. The highest BCUT2D eigenvalue weighted by molar-refractivity contribution is 7.92. The van der Waals surface area contributed by atoms with Gasteiger partial charge in [0.15, 0.2) is 0 Å². The van der Waals surface area contributed by atoms with Crippen LogP contribution in [-0.2, 0) is 19.6 Å². The van der Waals surface area contributed by atoms with Crippen LogP contribution in [0.2, 0.25) is 0 Å². The maximum absolute atomic E-state index is 13.5. The second-order valence-corrected chi connectivity index (χ2v) is 6.37. The molecule has 130 valence electrons. The van der Waals surface area contributed by atoms with Gasteiger partial charge in [0, 0.05) is 5.69 Å². The molecule has 11 heteroatoms. The number of carbonyl (C=O) groups is 1. The van der Waals surface area contributed by atoms with Crippen molar-refractivity contribution in [1.82, 2.24) is 0 Å². The van der Waals surface area contributed by atoms with Crippen LogP contribution in [0.15, 0.2) is 18.2 Å². The average Bonchev–Trinajstić information content (AvgIpc) is 2.37. The first-order chi connectivity index (χ1) is 10.4. The molecule has 0 aromatic heterocycles. The minimum Gasteiger partial charge on any atom is -0.359 e. The van der Waals surface area contributed by atoms with Gasteiger partial charge in [0.25, 0.3) is 5.91 Å². The summed E-state index contributed by atoms with van der Waals surface area (Å²) in [5.74, 6) is -1.78. The topological polar surface area (TPSA) is 84.5 Å². The highest BCUT2D eigenvalue weighted by Gasteiger charge is 2.30. The van der Waals surface area contributed by atoms with Crippen LogP contribution in [0.5, 0.6) is 0 Å². The van der Waals surface area contributed by atoms with E-state index < -0.39 is 46.3 Å². The number of anilines is 2. The Bertz CT molecular complexity index is 676. The summed E-state index contributed by atoms with van der Waals surface area (Å²) in [4.78, 5) is 11.7. The van der Waals surface area contributed by atoms with Crippen molar-refractivity contribution in [3.8, 4) is 0 Å². The number of carbonyl (C=O) groups excluding carboxylic acids is 1. The number of sulfonamides is 1. The van der Waals surface area contributed by atoms with Crippen molar-refractivity contribution in [3.63, 3.8) is 0 Å². The van der Waals surface area contributed by atoms with Crippen molar-refractivity contribution < 1.29 is 35.5 Å². The number of ether oxygens (including phenoxy) is 1. The molecular formula is C12H14F4N2O4S. The van der Waals surface area contributed by atoms with E-state index in [0.29, 0.717) is 0 Å². The Morgan fingerprint density at radius 1 is 1.35 bits per heavy atom. The fourth-order valence-corrected chi connectivity index (χ4v) is 1.98. The lowest BCUT2D eigenvalue weighted by molar-refractivity contribution is -0.184. The van der Waals surface area contributed by atoms with E-state index in [1.54, 1.807) is 0 Å². The van der Waals surface area contributed by atoms with E-state index in [-0.39, 0.29) is 5.69 Å². The zero-order valence-electron chi connectivity index (χ0n) is 12.1. The van der Waals surface area contributed by atoms with Gasteiger partial charge in [0.05, 0.1) is 11.9 Å². The maximum Gasteiger partial charge on any atom is 0.411 e. The van der Waals surface area contributed by atoms with Gasteiger partial charge in [-0.3, -0.25) is 9.52 Å². The summed E-state index contributed by atoms with van der Waals surface area (Å²) >= 11 is 0. The Hall–Kier alpha value is -1.88. The number of amides is 1. The van der Waals surface area contributed by atoms with Gasteiger partial charge in [-0.15, -0.1) is 0 Å². The Kier molecular flexibility index (Phi) is 5.94. The van der Waals surface area contributed by atoms with Crippen molar-refractivity contribution in [2.45, 2.75) is 19.2 Å². The van der Waals surface area contributed by atoms with Crippen molar-refractivity contribution in [2.75, 3.05) is 22.9 Å². The smallest absolute Gasteiger partial charge is 0.359 e. The lowest BCUT2D eigenvalue weighted by Gasteiger charge is -2.15. The first-order valence-corrected chi connectivity index (χ1v) is 8.03. The number of benzene rings is 1. The van der Waals surface area contributed by atoms with Crippen molar-refractivity contribution in [3.05, 3.63) is 24.0 Å². The van der Waals surface area contributed by atoms with E-state index in [9.17, 15) is 30.8 Å². The molecule has 1 atom stereocenters. The third kappa shape index (κ3) is 7.28. The molecule has 23 heavy (non-hydrogen) atoms. The Balaban J connectivity index is 2.77. The lowest BCUT2D eigenvalue weighted by atomic mass is 10.2. The molecule has 0 bridgehead atoms. The second-order valence-electron chi connectivity index (χ2n) is 4.63. The highest BCUT2D eigenvalue weighted by atomic mass is 32.2. The van der Waals surface area contributed by atoms with Gasteiger partial charge < -0.3 is 10.1 Å². The molecule has 1 rings (SSSR count). The molecule has 0 aliphatic carbocycles. The molecule has 0 saturated carbocycles. The quantitative estimate of drug-likeness (QED) is 0.763. The molecule has 0 spiro atoms. The van der Waals surface area contributed by atoms with Gasteiger partial charge >= 0.3 is 6.18 Å². The molecule has 6 nitrogen and oxygen atoms in total. The van der Waals surface area contributed by atoms with E-state index in [0.717, 1.165) is 31.4 Å². The minimum absolute atomic E-state index is 0.00925. The van der Waals surface area contributed by atoms with E-state index in [2.05, 4.69) is 10.1 Å². The van der Waals surface area contributed by atoms with Crippen LogP contribution < -0.4 is 10.0 Å². The van der Waals surface area contributed by atoms with Crippen LogP contribution in [0.3, 0.4) is 0 Å². The summed E-state index contributed by atoms with van der Waals surface area (Å²) in [6.07, 6.45) is -5.17. The van der Waals surface area contributed by atoms with E-state index >= 15 is 0 Å². The largest absolute Gasteiger partial charge is 0.411 e. The summed E-state index contributed by atoms with van der Waals surface area (Å²) < 4.78 is 77.9. The molecule has 0 aliphatic rings. The van der Waals surface area contributed by atoms with Gasteiger partial charge in [-0.25, -0.2) is 12.8 Å². The Morgan fingerprint density at radius 2 is 1.96 bits per heavy atom. The molecule has 0 radical (unpaired) electrons. The van der Waals surface area contributed by atoms with E-state index in [4.69, 9.17) is 0 Å². The fourth-order valence-electron chi connectivity index (χ4n) is 1.42. The highest BCUT2D eigenvalue weighted by Crippen LogP contribution is 2.21. The Morgan fingerprint density at radius 3 is 2.48 bits per heavy atom. The molecule has 1 aromatic carbocycles. The van der Waals surface area contributed by atoms with Crippen molar-refractivity contribution in [1.29, 1.82) is 0 Å². The Labute approximate surface area is 129 Å². The first-order valence-electron chi connectivity index (χ1n) is 6.14. The summed E-state index contributed by atoms with van der Waals surface area (Å²) in [6.45, 7) is -0.480. The molecule has 1 aromatic rings. The average molecular weight is 358 g/mol. The monoisotopic (exact) mass is 358 g/mol. The summed E-state index contributed by atoms with van der Waals surface area (Å²) in [7, 11) is -3.74. The zero-order valence-corrected chi connectivity index (χ0v) is 12.9. The van der Waals surface area contributed by atoms with Gasteiger partial charge in [-0.05, 0) is 25.1 Å². The predicted molar refractivity (Wildman–Crippen MR) is 75.0 cm³/mol. The van der Waals surface area contributed by atoms with Crippen LogP contribution in [-0.4, -0.2) is 39.5 Å². The van der Waals surface area contributed by atoms with Gasteiger partial charge in [0.2, 0.25) is 10.0 Å². The minimum atomic E-state index is -4.57. The number of alkyl halides is 3. The molecule has 1 unspecified atom stereocenters. The third-order valence-corrected chi connectivity index (χ3v) is 2.99. The molecule has 0 fully saturated rings. The maximum atomic E-state index is 13.5. The zero-order chi connectivity index (χ0) is 17.8. The summed E-state index contributed by atoms with van der Waals surface area (Å²) in [5, 5.41) is 2.20. The summed E-state index contributed by atoms with van der Waals surface area (Å²) in [6, 6.07) is 3.01. The van der Waals surface area contributed by atoms with Crippen LogP contribution in [0.4, 0.5) is 28.9 Å². The van der Waals surface area contributed by atoms with E-state index in [1.165, 1.54) is 0 Å². The predicted octanol–water partition coefficient (Wildman–Crippen LogP) is 2.10. The van der Waals surface area contributed by atoms with Crippen LogP contribution in [0.25, 0.3) is 0 Å². The van der Waals surface area contributed by atoms with Crippen LogP contribution in [0, 0.1) is 5.82 Å². The SMILES string of the molecule is CC(OCC(F)(F)F)C(=O)Nc1ccc(F)c(NS(C)(=O)=O)c1. The third-order valence-electron chi connectivity index (χ3n) is 2.40. The second kappa shape index (κ2) is 7.13. The molecule has 2 N–H and O–H groups in total. The number of nitrogens with one attached hydrogen (secondary N) is 2. The van der Waals surface area contributed by atoms with Gasteiger partial charge in [0.1, 0.15) is 18.5 Å². The van der Waals surface area contributed by atoms with E-state index in [1.807, 2.05) is 4.72 Å². The number of hydrogen-bond acceptors (Lipinski definition) is 4. The fraction of sp³-hybridized carbons (Fsp3) is 0.417. The van der Waals surface area contributed by atoms with Gasteiger partial charge in [-0.1, -0.05) is 0 Å². The normalized spacial score (nSPS) is 13.5. The molecule has 0 heterocycles. The number of rotatable bonds is 6. The molecule has 0 aliphatic heterocycles. The van der Waals surface area contributed by atoms with Gasteiger partial charge in [-0.2, -0.15) is 13.2 Å². The molecule has 0 saturated heterocycles. The lowest BCUT2D eigenvalue weighted by Crippen LogP contribution is -2.31.